The van der Waals surface area contributed by atoms with Crippen LogP contribution in [0, 0.1) is 11.6 Å². The minimum absolute atomic E-state index is 0.0375. The lowest BCUT2D eigenvalue weighted by atomic mass is 10.1. The standard InChI is InChI=1S/C20H17F2N5O4/c21-12-3-11(6-23-7-12)16-1-2-24-27(16)20(29)26-8-13(9-26)31-17-5-15-18(4-14(17)22)30-10-19(28)25-15/h2-7,13,16H,1,8-10H2,(H,25,28)/t16-/m0/s1. The SMILES string of the molecule is O=C1COc2cc(F)c(OC3CN(C(=O)N4N=CC[C@H]4c4cncc(F)c4)C3)cc2N1. The first-order chi connectivity index (χ1) is 15.0. The minimum Gasteiger partial charge on any atom is -0.484 e. The second kappa shape index (κ2) is 7.49. The Morgan fingerprint density at radius 2 is 2.06 bits per heavy atom. The number of fused-ring (bicyclic) bond motifs is 1. The number of nitrogens with one attached hydrogen (secondary N) is 1. The number of rotatable bonds is 3. The van der Waals surface area contributed by atoms with Gasteiger partial charge in [0.05, 0.1) is 31.0 Å². The number of hydrogen-bond acceptors (Lipinski definition) is 6. The summed E-state index contributed by atoms with van der Waals surface area (Å²) >= 11 is 0. The van der Waals surface area contributed by atoms with Crippen LogP contribution in [-0.4, -0.2) is 58.8 Å². The molecule has 160 valence electrons. The van der Waals surface area contributed by atoms with Gasteiger partial charge in [-0.25, -0.2) is 18.6 Å². The van der Waals surface area contributed by atoms with E-state index < -0.39 is 23.8 Å². The van der Waals surface area contributed by atoms with Crippen LogP contribution < -0.4 is 14.8 Å². The largest absolute Gasteiger partial charge is 0.484 e. The number of carbonyl (C=O) groups is 2. The summed E-state index contributed by atoms with van der Waals surface area (Å²) in [6.07, 6.45) is 4.24. The highest BCUT2D eigenvalue weighted by Gasteiger charge is 2.39. The fraction of sp³-hybridized carbons (Fsp3) is 0.300. The lowest BCUT2D eigenvalue weighted by molar-refractivity contribution is -0.118. The van der Waals surface area contributed by atoms with Crippen LogP contribution >= 0.6 is 0 Å². The average Bonchev–Trinajstić information content (AvgIpc) is 3.20. The number of anilines is 1. The maximum absolute atomic E-state index is 14.3. The Hall–Kier alpha value is -3.76. The molecule has 0 spiro atoms. The van der Waals surface area contributed by atoms with Crippen molar-refractivity contribution in [2.45, 2.75) is 18.6 Å². The molecule has 1 saturated heterocycles. The molecule has 11 heteroatoms. The molecular formula is C20H17F2N5O4. The molecule has 5 rings (SSSR count). The van der Waals surface area contributed by atoms with Gasteiger partial charge in [-0.15, -0.1) is 0 Å². The van der Waals surface area contributed by atoms with E-state index in [0.29, 0.717) is 17.7 Å². The summed E-state index contributed by atoms with van der Waals surface area (Å²) in [5.74, 6) is -1.24. The molecule has 1 fully saturated rings. The smallest absolute Gasteiger partial charge is 0.341 e. The Kier molecular flexibility index (Phi) is 4.64. The first-order valence-corrected chi connectivity index (χ1v) is 9.62. The average molecular weight is 429 g/mol. The number of halogens is 2. The number of pyridine rings is 1. The van der Waals surface area contributed by atoms with Crippen LogP contribution in [0.4, 0.5) is 19.3 Å². The normalized spacial score (nSPS) is 20.1. The maximum Gasteiger partial charge on any atom is 0.341 e. The second-order valence-corrected chi connectivity index (χ2v) is 7.37. The van der Waals surface area contributed by atoms with Crippen molar-refractivity contribution in [1.29, 1.82) is 0 Å². The molecule has 0 bridgehead atoms. The fourth-order valence-corrected chi connectivity index (χ4v) is 3.65. The summed E-state index contributed by atoms with van der Waals surface area (Å²) in [5.41, 5.74) is 0.887. The highest BCUT2D eigenvalue weighted by atomic mass is 19.1. The van der Waals surface area contributed by atoms with E-state index in [-0.39, 0.29) is 43.1 Å². The number of benzene rings is 1. The molecule has 1 aromatic carbocycles. The number of aromatic nitrogens is 1. The van der Waals surface area contributed by atoms with E-state index in [1.54, 1.807) is 6.21 Å². The van der Waals surface area contributed by atoms with Gasteiger partial charge < -0.3 is 19.7 Å². The predicted molar refractivity (Wildman–Crippen MR) is 104 cm³/mol. The van der Waals surface area contributed by atoms with E-state index in [4.69, 9.17) is 9.47 Å². The summed E-state index contributed by atoms with van der Waals surface area (Å²) in [5, 5.41) is 8.00. The van der Waals surface area contributed by atoms with Crippen molar-refractivity contribution < 1.29 is 27.8 Å². The Morgan fingerprint density at radius 1 is 1.23 bits per heavy atom. The van der Waals surface area contributed by atoms with Gasteiger partial charge in [0.2, 0.25) is 0 Å². The quantitative estimate of drug-likeness (QED) is 0.808. The first kappa shape index (κ1) is 19.2. The van der Waals surface area contributed by atoms with Gasteiger partial charge in [0.15, 0.2) is 18.2 Å². The highest BCUT2D eigenvalue weighted by molar-refractivity contribution is 5.95. The number of nitrogens with zero attached hydrogens (tertiary/aromatic N) is 4. The number of hydrogen-bond donors (Lipinski definition) is 1. The Bertz CT molecular complexity index is 1090. The van der Waals surface area contributed by atoms with E-state index in [1.807, 2.05) is 0 Å². The Balaban J connectivity index is 1.22. The van der Waals surface area contributed by atoms with Crippen LogP contribution in [-0.2, 0) is 4.79 Å². The van der Waals surface area contributed by atoms with Gasteiger partial charge in [-0.2, -0.15) is 5.10 Å². The summed E-state index contributed by atoms with van der Waals surface area (Å²) < 4.78 is 38.6. The third-order valence-corrected chi connectivity index (χ3v) is 5.22. The molecule has 2 aromatic rings. The second-order valence-electron chi connectivity index (χ2n) is 7.37. The van der Waals surface area contributed by atoms with Crippen molar-refractivity contribution in [3.8, 4) is 11.5 Å². The van der Waals surface area contributed by atoms with Gasteiger partial charge in [0.1, 0.15) is 17.7 Å². The summed E-state index contributed by atoms with van der Waals surface area (Å²) in [7, 11) is 0. The van der Waals surface area contributed by atoms with Crippen LogP contribution in [0.1, 0.15) is 18.0 Å². The molecule has 31 heavy (non-hydrogen) atoms. The molecule has 1 atom stereocenters. The lowest BCUT2D eigenvalue weighted by Crippen LogP contribution is -2.58. The lowest BCUT2D eigenvalue weighted by Gasteiger charge is -2.41. The summed E-state index contributed by atoms with van der Waals surface area (Å²) in [4.78, 5) is 29.6. The van der Waals surface area contributed by atoms with Crippen molar-refractivity contribution in [2.24, 2.45) is 5.10 Å². The summed E-state index contributed by atoms with van der Waals surface area (Å²) in [6.45, 7) is 0.300. The number of hydrazone groups is 1. The zero-order chi connectivity index (χ0) is 21.5. The molecule has 9 nitrogen and oxygen atoms in total. The van der Waals surface area contributed by atoms with Crippen LogP contribution in [0.3, 0.4) is 0 Å². The predicted octanol–water partition coefficient (Wildman–Crippen LogP) is 2.31. The van der Waals surface area contributed by atoms with Crippen LogP contribution in [0.2, 0.25) is 0 Å². The number of carbonyl (C=O) groups excluding carboxylic acids is 2. The zero-order valence-corrected chi connectivity index (χ0v) is 16.1. The van der Waals surface area contributed by atoms with E-state index >= 15 is 0 Å². The van der Waals surface area contributed by atoms with Crippen molar-refractivity contribution in [1.82, 2.24) is 14.9 Å². The molecule has 0 aliphatic carbocycles. The fourth-order valence-electron chi connectivity index (χ4n) is 3.65. The van der Waals surface area contributed by atoms with Crippen LogP contribution in [0.15, 0.2) is 35.7 Å². The summed E-state index contributed by atoms with van der Waals surface area (Å²) in [6, 6.07) is 3.06. The van der Waals surface area contributed by atoms with E-state index in [0.717, 1.165) is 12.3 Å². The molecule has 4 heterocycles. The molecular weight excluding hydrogens is 412 g/mol. The van der Waals surface area contributed by atoms with Gasteiger partial charge in [-0.1, -0.05) is 0 Å². The molecule has 3 aliphatic rings. The first-order valence-electron chi connectivity index (χ1n) is 9.62. The van der Waals surface area contributed by atoms with E-state index in [2.05, 4.69) is 15.4 Å². The molecule has 0 radical (unpaired) electrons. The van der Waals surface area contributed by atoms with Gasteiger partial charge in [-0.3, -0.25) is 9.78 Å². The molecule has 3 amide bonds. The number of likely N-dealkylation sites (tertiary alicyclic amines) is 1. The molecule has 0 saturated carbocycles. The minimum atomic E-state index is -0.623. The molecule has 1 N–H and O–H groups in total. The number of amides is 3. The van der Waals surface area contributed by atoms with Crippen molar-refractivity contribution in [2.75, 3.05) is 25.0 Å². The van der Waals surface area contributed by atoms with Crippen molar-refractivity contribution in [3.05, 3.63) is 47.8 Å². The Morgan fingerprint density at radius 3 is 2.87 bits per heavy atom. The molecule has 0 unspecified atom stereocenters. The van der Waals surface area contributed by atoms with Gasteiger partial charge >= 0.3 is 6.03 Å². The third-order valence-electron chi connectivity index (χ3n) is 5.22. The van der Waals surface area contributed by atoms with Crippen molar-refractivity contribution >= 4 is 23.8 Å². The topological polar surface area (TPSA) is 96.4 Å². The maximum atomic E-state index is 14.3. The highest BCUT2D eigenvalue weighted by Crippen LogP contribution is 2.35. The third kappa shape index (κ3) is 3.62. The monoisotopic (exact) mass is 429 g/mol. The zero-order valence-electron chi connectivity index (χ0n) is 16.1. The number of ether oxygens (including phenoxy) is 2. The molecule has 3 aliphatic heterocycles. The van der Waals surface area contributed by atoms with E-state index in [1.165, 1.54) is 28.2 Å². The van der Waals surface area contributed by atoms with Gasteiger partial charge in [-0.05, 0) is 11.6 Å². The van der Waals surface area contributed by atoms with Crippen molar-refractivity contribution in [3.63, 3.8) is 0 Å². The van der Waals surface area contributed by atoms with Crippen LogP contribution in [0.25, 0.3) is 0 Å². The van der Waals surface area contributed by atoms with Gasteiger partial charge in [0, 0.05) is 31.0 Å². The molecule has 1 aromatic heterocycles. The number of urea groups is 1. The van der Waals surface area contributed by atoms with E-state index in [9.17, 15) is 18.4 Å². The van der Waals surface area contributed by atoms with Crippen LogP contribution in [0.5, 0.6) is 11.5 Å². The Labute approximate surface area is 175 Å². The van der Waals surface area contributed by atoms with Gasteiger partial charge in [0.25, 0.3) is 5.91 Å².